The smallest absolute Gasteiger partial charge is 2.00 e. The number of hydrogen-bond donors (Lipinski definition) is 4. The first-order valence-corrected chi connectivity index (χ1v) is 2.38. The summed E-state index contributed by atoms with van der Waals surface area (Å²) in [5.74, 6) is -1.94. The van der Waals surface area contributed by atoms with Crippen LogP contribution in [0, 0.1) is 0 Å². The van der Waals surface area contributed by atoms with Gasteiger partial charge in [0, 0.05) is 253 Å². The largest absolute Gasteiger partial charge is 5.00 e. The second-order valence-corrected chi connectivity index (χ2v) is 1.20. The Labute approximate surface area is 546 Å². The van der Waals surface area contributed by atoms with Crippen LogP contribution < -0.4 is 11.5 Å². The Balaban J connectivity index is -0.000000000175. The van der Waals surface area contributed by atoms with Crippen molar-refractivity contribution >= 4 is 29.9 Å². The average Bonchev–Trinajstić information content (AvgIpc) is 1.89. The molecule has 0 atom stereocenters. The molecule has 0 unspecified atom stereocenters. The number of carboxylic acids is 2. The van der Waals surface area contributed by atoms with Gasteiger partial charge in [-0.25, -0.2) is 0 Å². The van der Waals surface area contributed by atoms with E-state index in [-0.39, 0.29) is 510 Å². The third-order valence-corrected chi connectivity index (χ3v) is 0.349. The van der Waals surface area contributed by atoms with Crippen LogP contribution in [0.3, 0.4) is 0 Å². The van der Waals surface area contributed by atoms with Crippen molar-refractivity contribution in [2.75, 3.05) is 13.1 Å². The molecule has 0 amide bonds. The van der Waals surface area contributed by atoms with Crippen LogP contribution in [0.15, 0.2) is 0 Å². The molecule has 0 fully saturated rings. The summed E-state index contributed by atoms with van der Waals surface area (Å²) in [6, 6.07) is 0. The van der Waals surface area contributed by atoms with Crippen LogP contribution in [0.1, 0.15) is 7.13 Å². The summed E-state index contributed by atoms with van der Waals surface area (Å²) in [4.78, 5) is 18.5. The second-order valence-electron chi connectivity index (χ2n) is 1.20. The number of carbonyl (C=O) groups is 2. The van der Waals surface area contributed by atoms with Gasteiger partial charge < -0.3 is 241 Å². The summed E-state index contributed by atoms with van der Waals surface area (Å²) in [6.45, 7) is -0.556. The maximum absolute atomic E-state index is 9.24. The molecule has 0 spiro atoms. The SMILES string of the molecule is NCC(=O)O.NCC(=O)O.[As+5].[H+].[H+].[H+].[H+].[H+].[O-2].[O-2].[O-2].[O-2].[O-2].[O-2].[O-2].[O-2].[O-2].[O-2].[O-2].[O-2].[O-2].[O-2].[O-2].[O-2].[O-2].[O-2].[O-2].[O-2].[O-2].[O-2].[O-2].[O-2].[O-2].[O-2].[O-2].[O-2].[O-2].[O-2].[O-2].[O-2].[O-2].[O-2].[O-2].[O-2].[O-2].[O-2].[O-2].[O-2].[W].[W].[W].[W].[W].[W].[W].[W].[W].[W].[W].[W]. The summed E-state index contributed by atoms with van der Waals surface area (Å²) in [6.07, 6.45) is 0. The quantitative estimate of drug-likeness (QED) is 0.195. The topological polar surface area (TPSA) is 1270 Å². The van der Waals surface area contributed by atoms with Crippen molar-refractivity contribution in [1.82, 2.24) is 0 Å². The Bertz CT molecular complexity index is 194. The third kappa shape index (κ3) is 2930. The summed E-state index contributed by atoms with van der Waals surface area (Å²) < 4.78 is 0. The maximum Gasteiger partial charge on any atom is 5.00 e. The minimum atomic E-state index is -0.968. The Morgan fingerprint density at radius 2 is 0.238 bits per heavy atom. The maximum atomic E-state index is 9.24. The van der Waals surface area contributed by atoms with E-state index in [1.165, 1.54) is 0 Å². The van der Waals surface area contributed by atoms with Gasteiger partial charge in [0.25, 0.3) is 0 Å². The van der Waals surface area contributed by atoms with E-state index >= 15 is 0 Å². The minimum Gasteiger partial charge on any atom is -2.00 e. The summed E-state index contributed by atoms with van der Waals surface area (Å²) in [5, 5.41) is 15.2. The fourth-order valence-corrected chi connectivity index (χ4v) is 0. The molecule has 0 bridgehead atoms. The Kier molecular flexibility index (Phi) is 39600. The number of aliphatic carboxylic acids is 2. The predicted octanol–water partition coefficient (Wildman–Crippen LogP) is -6.54. The normalized spacial score (nSPS) is 1.17. The van der Waals surface area contributed by atoms with Crippen molar-refractivity contribution in [3.63, 3.8) is 0 Å². The Morgan fingerprint density at radius 1 is 0.222 bits per heavy atom. The molecule has 0 saturated heterocycles. The van der Waals surface area contributed by atoms with E-state index in [0.717, 1.165) is 0 Å². The zero-order chi connectivity index (χ0) is 8.57. The second kappa shape index (κ2) is 1550. The van der Waals surface area contributed by atoms with Gasteiger partial charge >= 0.3 is 37.0 Å². The number of rotatable bonds is 2. The zero-order valence-electron chi connectivity index (χ0n) is 32.0. The third-order valence-electron chi connectivity index (χ3n) is 0.349. The van der Waals surface area contributed by atoms with Gasteiger partial charge in [0.1, 0.15) is 0 Å². The van der Waals surface area contributed by atoms with Crippen molar-refractivity contribution in [2.24, 2.45) is 11.5 Å². The molecule has 0 aliphatic rings. The molecule has 59 heteroatoms. The van der Waals surface area contributed by atoms with Crippen LogP contribution in [-0.4, -0.2) is 53.2 Å². The van der Waals surface area contributed by atoms with E-state index in [2.05, 4.69) is 11.5 Å². The van der Waals surface area contributed by atoms with Crippen molar-refractivity contribution < 1.29 is 499 Å². The molecule has 46 nitrogen and oxygen atoms in total. The van der Waals surface area contributed by atoms with Gasteiger partial charge in [0.05, 0.1) is 13.1 Å². The summed E-state index contributed by atoms with van der Waals surface area (Å²) >= 11 is 0. The van der Waals surface area contributed by atoms with Gasteiger partial charge in [-0.2, -0.15) is 0 Å². The van der Waals surface area contributed by atoms with Crippen molar-refractivity contribution in [3.8, 4) is 0 Å². The number of carboxylic acid groups (broad SMARTS) is 2. The summed E-state index contributed by atoms with van der Waals surface area (Å²) in [7, 11) is 0. The van der Waals surface area contributed by atoms with Crippen LogP contribution in [0.25, 0.3) is 0 Å². The molecule has 0 heterocycles. The Hall–Kier alpha value is 6.08. The zero-order valence-corrected chi connectivity index (χ0v) is 64.0. The van der Waals surface area contributed by atoms with Crippen molar-refractivity contribution in [1.29, 1.82) is 0 Å². The molecule has 0 aromatic rings. The van der Waals surface area contributed by atoms with Crippen LogP contribution >= 0.6 is 0 Å². The van der Waals surface area contributed by atoms with E-state index in [4.69, 9.17) is 10.2 Å². The van der Waals surface area contributed by atoms with E-state index < -0.39 is 11.9 Å². The first-order chi connectivity index (χ1) is 4.54. The molecule has 6 N–H and O–H groups in total. The molecule has 0 rings (SSSR count). The van der Waals surface area contributed by atoms with Gasteiger partial charge in [0.15, 0.2) is 0 Å². The first-order valence-electron chi connectivity index (χ1n) is 2.38. The van der Waals surface area contributed by atoms with Gasteiger partial charge in [-0.15, -0.1) is 0 Å². The fraction of sp³-hybridized carbons (Fsp3) is 0.500. The monoisotopic (exact) mass is 3080 g/mol. The molecule has 0 saturated carbocycles. The van der Waals surface area contributed by atoms with Crippen molar-refractivity contribution in [2.45, 2.75) is 0 Å². The standard InChI is InChI=1S/2C2H5NO2.As.40O.12W/c2*3-1-2(4)5;;;;;;;;;;;;;;;;;;;;;;;;;;;;;;;;;;;;;;;;;;;;;;;;;;;;;/h2*1,3H2,(H,4,5);;;;;;;;;;;;;;;;;;;;;;;;;;;;;;;;;;;;;;;;;;;;;;;;;;;;;/q;;+5;40*-2;;;;;;;;;;;;/p+5. The van der Waals surface area contributed by atoms with Crippen LogP contribution in [0.4, 0.5) is 0 Å². The first kappa shape index (κ1) is 1620. The minimum absolute atomic E-state index is 0. The molecule has 0 aromatic heterocycles. The Morgan fingerprint density at radius 3 is 0.238 bits per heavy atom. The van der Waals surface area contributed by atoms with Crippen LogP contribution in [0.2, 0.25) is 0 Å². The molecular formula is C4H15AsN2O44W12-70. The van der Waals surface area contributed by atoms with Crippen LogP contribution in [0.5, 0.6) is 0 Å². The van der Waals surface area contributed by atoms with Gasteiger partial charge in [-0.1, -0.05) is 0 Å². The van der Waals surface area contributed by atoms with E-state index in [1.807, 2.05) is 0 Å². The van der Waals surface area contributed by atoms with E-state index in [1.54, 1.807) is 0 Å². The number of hydrogen-bond acceptors (Lipinski definition) is 4. The molecule has 452 valence electrons. The molecule has 0 radical (unpaired) electrons. The van der Waals surface area contributed by atoms with Crippen molar-refractivity contribution in [3.05, 3.63) is 0 Å². The van der Waals surface area contributed by atoms with Crippen LogP contribution in [-0.2, 0) is 481 Å². The summed E-state index contributed by atoms with van der Waals surface area (Å²) in [5.41, 5.74) is 9.14. The molecule has 0 aliphatic heterocycles. The van der Waals surface area contributed by atoms with Gasteiger partial charge in [0.2, 0.25) is 0 Å². The molecular weight excluding hydrogens is 3060 g/mol. The van der Waals surface area contributed by atoms with Gasteiger partial charge in [-0.3, -0.25) is 9.59 Å². The molecule has 0 aromatic carbocycles. The predicted molar refractivity (Wildman–Crippen MR) is 72.2 cm³/mol. The number of nitrogens with two attached hydrogens (primary N) is 2. The van der Waals surface area contributed by atoms with E-state index in [9.17, 15) is 9.59 Å². The van der Waals surface area contributed by atoms with E-state index in [0.29, 0.717) is 0 Å². The fourth-order valence-electron chi connectivity index (χ4n) is 0. The average molecular weight is 3080 g/mol. The molecule has 63 heavy (non-hydrogen) atoms. The van der Waals surface area contributed by atoms with Gasteiger partial charge in [-0.05, 0) is 0 Å². The molecule has 0 aliphatic carbocycles.